The maximum absolute atomic E-state index is 11.9. The molecule has 2 rings (SSSR count). The zero-order valence-electron chi connectivity index (χ0n) is 12.4. The summed E-state index contributed by atoms with van der Waals surface area (Å²) in [6.45, 7) is 1.67. The lowest BCUT2D eigenvalue weighted by molar-refractivity contribution is -0.115. The number of hydrazone groups is 1. The molecule has 0 unspecified atom stereocenters. The SMILES string of the molecule is C/C(CC(=O)Nc1ccc(Br)cc1)=N/NC(=O)c1ccncc1. The van der Waals surface area contributed by atoms with E-state index in [1.54, 1.807) is 31.2 Å². The predicted octanol–water partition coefficient (Wildman–Crippen LogP) is 2.98. The Labute approximate surface area is 142 Å². The molecule has 0 aliphatic heterocycles. The monoisotopic (exact) mass is 374 g/mol. The average molecular weight is 375 g/mol. The van der Waals surface area contributed by atoms with E-state index < -0.39 is 0 Å². The highest BCUT2D eigenvalue weighted by Gasteiger charge is 2.07. The zero-order chi connectivity index (χ0) is 16.7. The van der Waals surface area contributed by atoms with E-state index >= 15 is 0 Å². The molecule has 2 amide bonds. The molecule has 0 saturated carbocycles. The molecule has 1 aromatic heterocycles. The Hall–Kier alpha value is -2.54. The van der Waals surface area contributed by atoms with Gasteiger partial charge in [-0.2, -0.15) is 5.10 Å². The van der Waals surface area contributed by atoms with Crippen LogP contribution < -0.4 is 10.7 Å². The van der Waals surface area contributed by atoms with Gasteiger partial charge in [-0.1, -0.05) is 15.9 Å². The summed E-state index contributed by atoms with van der Waals surface area (Å²) >= 11 is 3.33. The third kappa shape index (κ3) is 5.63. The van der Waals surface area contributed by atoms with Crippen LogP contribution in [0.2, 0.25) is 0 Å². The number of pyridine rings is 1. The maximum atomic E-state index is 11.9. The van der Waals surface area contributed by atoms with Gasteiger partial charge in [0.25, 0.3) is 5.91 Å². The molecular formula is C16H15BrN4O2. The van der Waals surface area contributed by atoms with Crippen molar-refractivity contribution in [2.75, 3.05) is 5.32 Å². The van der Waals surface area contributed by atoms with E-state index in [4.69, 9.17) is 0 Å². The lowest BCUT2D eigenvalue weighted by atomic mass is 10.2. The van der Waals surface area contributed by atoms with Crippen LogP contribution in [0.4, 0.5) is 5.69 Å². The lowest BCUT2D eigenvalue weighted by Gasteiger charge is -2.05. The molecule has 0 atom stereocenters. The van der Waals surface area contributed by atoms with E-state index in [9.17, 15) is 9.59 Å². The summed E-state index contributed by atoms with van der Waals surface area (Å²) in [5.74, 6) is -0.549. The molecule has 0 aliphatic carbocycles. The first-order valence-corrected chi connectivity index (χ1v) is 7.63. The Morgan fingerprint density at radius 3 is 2.43 bits per heavy atom. The number of nitrogens with zero attached hydrogens (tertiary/aromatic N) is 2. The van der Waals surface area contributed by atoms with Crippen molar-refractivity contribution in [2.45, 2.75) is 13.3 Å². The van der Waals surface area contributed by atoms with Gasteiger partial charge in [0.1, 0.15) is 0 Å². The molecular weight excluding hydrogens is 360 g/mol. The van der Waals surface area contributed by atoms with E-state index in [-0.39, 0.29) is 18.2 Å². The molecule has 23 heavy (non-hydrogen) atoms. The van der Waals surface area contributed by atoms with Crippen molar-refractivity contribution >= 4 is 39.1 Å². The number of carbonyl (C=O) groups excluding carboxylic acids is 2. The van der Waals surface area contributed by atoms with Gasteiger partial charge in [0.05, 0.1) is 6.42 Å². The summed E-state index contributed by atoms with van der Waals surface area (Å²) in [5.41, 5.74) is 4.07. The highest BCUT2D eigenvalue weighted by Crippen LogP contribution is 2.14. The Balaban J connectivity index is 1.85. The molecule has 1 heterocycles. The summed E-state index contributed by atoms with van der Waals surface area (Å²) < 4.78 is 0.937. The van der Waals surface area contributed by atoms with Gasteiger partial charge in [0, 0.05) is 33.8 Å². The number of anilines is 1. The van der Waals surface area contributed by atoms with Gasteiger partial charge in [-0.05, 0) is 43.3 Å². The van der Waals surface area contributed by atoms with Crippen molar-refractivity contribution in [1.29, 1.82) is 0 Å². The highest BCUT2D eigenvalue weighted by atomic mass is 79.9. The summed E-state index contributed by atoms with van der Waals surface area (Å²) in [4.78, 5) is 27.5. The molecule has 7 heteroatoms. The van der Waals surface area contributed by atoms with Gasteiger partial charge in [0.2, 0.25) is 5.91 Å². The van der Waals surface area contributed by atoms with Crippen molar-refractivity contribution in [2.24, 2.45) is 5.10 Å². The fourth-order valence-corrected chi connectivity index (χ4v) is 1.99. The van der Waals surface area contributed by atoms with E-state index in [1.807, 2.05) is 12.1 Å². The Bertz CT molecular complexity index is 715. The van der Waals surface area contributed by atoms with Gasteiger partial charge in [-0.15, -0.1) is 0 Å². The van der Waals surface area contributed by atoms with Gasteiger partial charge in [0.15, 0.2) is 0 Å². The van der Waals surface area contributed by atoms with Crippen molar-refractivity contribution < 1.29 is 9.59 Å². The normalized spacial score (nSPS) is 11.0. The Kier molecular flexibility index (Phi) is 5.99. The van der Waals surface area contributed by atoms with Crippen LogP contribution in [0.25, 0.3) is 0 Å². The molecule has 0 spiro atoms. The molecule has 0 bridgehead atoms. The molecule has 0 radical (unpaired) electrons. The highest BCUT2D eigenvalue weighted by molar-refractivity contribution is 9.10. The smallest absolute Gasteiger partial charge is 0.271 e. The van der Waals surface area contributed by atoms with Crippen LogP contribution in [-0.2, 0) is 4.79 Å². The van der Waals surface area contributed by atoms with Gasteiger partial charge < -0.3 is 5.32 Å². The largest absolute Gasteiger partial charge is 0.326 e. The van der Waals surface area contributed by atoms with Crippen LogP contribution in [0.5, 0.6) is 0 Å². The molecule has 1 aromatic carbocycles. The quantitative estimate of drug-likeness (QED) is 0.623. The topological polar surface area (TPSA) is 83.5 Å². The predicted molar refractivity (Wildman–Crippen MR) is 92.2 cm³/mol. The van der Waals surface area contributed by atoms with E-state index in [0.717, 1.165) is 4.47 Å². The van der Waals surface area contributed by atoms with Crippen LogP contribution in [0.1, 0.15) is 23.7 Å². The van der Waals surface area contributed by atoms with Crippen molar-refractivity contribution in [3.05, 3.63) is 58.8 Å². The Morgan fingerprint density at radius 1 is 1.13 bits per heavy atom. The van der Waals surface area contributed by atoms with Crippen LogP contribution in [0, 0.1) is 0 Å². The van der Waals surface area contributed by atoms with Crippen molar-refractivity contribution in [1.82, 2.24) is 10.4 Å². The number of halogens is 1. The summed E-state index contributed by atoms with van der Waals surface area (Å²) in [6.07, 6.45) is 3.14. The van der Waals surface area contributed by atoms with E-state index in [1.165, 1.54) is 12.4 Å². The van der Waals surface area contributed by atoms with Crippen LogP contribution in [-0.4, -0.2) is 22.5 Å². The molecule has 2 aromatic rings. The van der Waals surface area contributed by atoms with E-state index in [0.29, 0.717) is 17.0 Å². The number of hydrogen-bond donors (Lipinski definition) is 2. The minimum atomic E-state index is -0.347. The first-order valence-electron chi connectivity index (χ1n) is 6.83. The minimum Gasteiger partial charge on any atom is -0.326 e. The number of rotatable bonds is 5. The minimum absolute atomic E-state index is 0.0900. The standard InChI is InChI=1S/C16H15BrN4O2/c1-11(20-21-16(23)12-6-8-18-9-7-12)10-15(22)19-14-4-2-13(17)3-5-14/h2-9H,10H2,1H3,(H,19,22)(H,21,23)/b20-11-. The summed E-state index contributed by atoms with van der Waals surface area (Å²) in [7, 11) is 0. The maximum Gasteiger partial charge on any atom is 0.271 e. The molecule has 6 nitrogen and oxygen atoms in total. The first kappa shape index (κ1) is 16.8. The molecule has 0 saturated heterocycles. The first-order chi connectivity index (χ1) is 11.0. The number of amides is 2. The molecule has 2 N–H and O–H groups in total. The van der Waals surface area contributed by atoms with Gasteiger partial charge in [-0.3, -0.25) is 14.6 Å². The van der Waals surface area contributed by atoms with Crippen molar-refractivity contribution in [3.63, 3.8) is 0 Å². The van der Waals surface area contributed by atoms with Gasteiger partial charge in [-0.25, -0.2) is 5.43 Å². The fourth-order valence-electron chi connectivity index (χ4n) is 1.72. The number of benzene rings is 1. The average Bonchev–Trinajstić information content (AvgIpc) is 2.55. The van der Waals surface area contributed by atoms with Gasteiger partial charge >= 0.3 is 0 Å². The zero-order valence-corrected chi connectivity index (χ0v) is 14.0. The second kappa shape index (κ2) is 8.19. The van der Waals surface area contributed by atoms with Crippen molar-refractivity contribution in [3.8, 4) is 0 Å². The summed E-state index contributed by atoms with van der Waals surface area (Å²) in [6, 6.07) is 10.4. The number of nitrogens with one attached hydrogen (secondary N) is 2. The van der Waals surface area contributed by atoms with Crippen LogP contribution >= 0.6 is 15.9 Å². The molecule has 0 aliphatic rings. The molecule has 118 valence electrons. The molecule has 0 fully saturated rings. The third-order valence-corrected chi connectivity index (χ3v) is 3.36. The van der Waals surface area contributed by atoms with E-state index in [2.05, 4.69) is 36.8 Å². The third-order valence-electron chi connectivity index (χ3n) is 2.84. The Morgan fingerprint density at radius 2 is 1.78 bits per heavy atom. The summed E-state index contributed by atoms with van der Waals surface area (Å²) in [5, 5.41) is 6.68. The number of aromatic nitrogens is 1. The fraction of sp³-hybridized carbons (Fsp3) is 0.125. The van der Waals surface area contributed by atoms with Crippen LogP contribution in [0.15, 0.2) is 58.4 Å². The number of hydrogen-bond acceptors (Lipinski definition) is 4. The van der Waals surface area contributed by atoms with Crippen LogP contribution in [0.3, 0.4) is 0 Å². The second-order valence-electron chi connectivity index (χ2n) is 4.76. The lowest BCUT2D eigenvalue weighted by Crippen LogP contribution is -2.21. The second-order valence-corrected chi connectivity index (χ2v) is 5.67. The number of carbonyl (C=O) groups is 2.